The van der Waals surface area contributed by atoms with Crippen molar-refractivity contribution in [3.05, 3.63) is 0 Å². The monoisotopic (exact) mass is 252 g/mol. The van der Waals surface area contributed by atoms with Crippen LogP contribution in [0.3, 0.4) is 0 Å². The third-order valence-corrected chi connectivity index (χ3v) is 4.63. The number of carbonyl (C=O) groups excluding carboxylic acids is 1. The SMILES string of the molecule is CN1CC(N2CCC(N3CCNCC3=O)CC2)C1. The minimum Gasteiger partial charge on any atom is -0.337 e. The lowest BCUT2D eigenvalue weighted by atomic mass is 9.98. The number of likely N-dealkylation sites (N-methyl/N-ethyl adjacent to an activating group) is 1. The Morgan fingerprint density at radius 1 is 1.11 bits per heavy atom. The van der Waals surface area contributed by atoms with Crippen molar-refractivity contribution in [3.63, 3.8) is 0 Å². The first-order valence-corrected chi connectivity index (χ1v) is 7.17. The van der Waals surface area contributed by atoms with Crippen LogP contribution in [0.25, 0.3) is 0 Å². The Kier molecular flexibility index (Phi) is 3.54. The Balaban J connectivity index is 1.49. The molecule has 0 atom stereocenters. The highest BCUT2D eigenvalue weighted by molar-refractivity contribution is 5.79. The second-order valence-corrected chi connectivity index (χ2v) is 5.91. The standard InChI is InChI=1S/C13H24N4O/c1-15-9-12(10-15)16-5-2-11(3-6-16)17-7-4-14-8-13(17)18/h11-12,14H,2-10H2,1H3. The first-order chi connectivity index (χ1) is 8.74. The molecule has 0 aromatic heterocycles. The fourth-order valence-corrected chi connectivity index (χ4v) is 3.47. The molecule has 0 spiro atoms. The second-order valence-electron chi connectivity index (χ2n) is 5.91. The predicted molar refractivity (Wildman–Crippen MR) is 70.5 cm³/mol. The summed E-state index contributed by atoms with van der Waals surface area (Å²) in [5, 5.41) is 3.15. The quantitative estimate of drug-likeness (QED) is 0.698. The molecule has 0 aliphatic carbocycles. The zero-order valence-corrected chi connectivity index (χ0v) is 11.3. The van der Waals surface area contributed by atoms with E-state index in [1.54, 1.807) is 0 Å². The van der Waals surface area contributed by atoms with Gasteiger partial charge in [0.25, 0.3) is 0 Å². The summed E-state index contributed by atoms with van der Waals surface area (Å²) in [4.78, 5) is 19.0. The minimum absolute atomic E-state index is 0.295. The molecule has 1 amide bonds. The molecule has 3 aliphatic heterocycles. The molecule has 102 valence electrons. The van der Waals surface area contributed by atoms with Gasteiger partial charge in [0.15, 0.2) is 0 Å². The molecule has 18 heavy (non-hydrogen) atoms. The minimum atomic E-state index is 0.295. The molecule has 5 nitrogen and oxygen atoms in total. The van der Waals surface area contributed by atoms with Crippen LogP contribution in [-0.2, 0) is 4.79 Å². The molecule has 0 bridgehead atoms. The topological polar surface area (TPSA) is 38.8 Å². The van der Waals surface area contributed by atoms with Crippen LogP contribution in [0.2, 0.25) is 0 Å². The molecule has 3 saturated heterocycles. The van der Waals surface area contributed by atoms with Crippen LogP contribution >= 0.6 is 0 Å². The lowest BCUT2D eigenvalue weighted by Gasteiger charge is -2.48. The van der Waals surface area contributed by atoms with Gasteiger partial charge in [-0.1, -0.05) is 0 Å². The van der Waals surface area contributed by atoms with Crippen LogP contribution < -0.4 is 5.32 Å². The number of amides is 1. The van der Waals surface area contributed by atoms with Gasteiger partial charge < -0.3 is 15.1 Å². The van der Waals surface area contributed by atoms with E-state index in [1.165, 1.54) is 26.2 Å². The number of nitrogens with one attached hydrogen (secondary N) is 1. The van der Waals surface area contributed by atoms with Crippen molar-refractivity contribution in [1.82, 2.24) is 20.0 Å². The van der Waals surface area contributed by atoms with Gasteiger partial charge in [-0.15, -0.1) is 0 Å². The largest absolute Gasteiger partial charge is 0.337 e. The number of hydrogen-bond acceptors (Lipinski definition) is 4. The molecule has 3 fully saturated rings. The highest BCUT2D eigenvalue weighted by atomic mass is 16.2. The van der Waals surface area contributed by atoms with Crippen molar-refractivity contribution in [2.24, 2.45) is 0 Å². The summed E-state index contributed by atoms with van der Waals surface area (Å²) in [6.07, 6.45) is 2.32. The van der Waals surface area contributed by atoms with Gasteiger partial charge in [0.1, 0.15) is 0 Å². The van der Waals surface area contributed by atoms with Crippen molar-refractivity contribution in [1.29, 1.82) is 0 Å². The summed E-state index contributed by atoms with van der Waals surface area (Å²) >= 11 is 0. The molecule has 0 unspecified atom stereocenters. The number of piperidine rings is 1. The Labute approximate surface area is 109 Å². The summed E-state index contributed by atoms with van der Waals surface area (Å²) in [6.45, 7) is 7.16. The fourth-order valence-electron chi connectivity index (χ4n) is 3.47. The van der Waals surface area contributed by atoms with E-state index < -0.39 is 0 Å². The van der Waals surface area contributed by atoms with Crippen molar-refractivity contribution >= 4 is 5.91 Å². The summed E-state index contributed by atoms with van der Waals surface area (Å²) < 4.78 is 0. The Morgan fingerprint density at radius 3 is 2.44 bits per heavy atom. The van der Waals surface area contributed by atoms with E-state index in [0.29, 0.717) is 18.5 Å². The first-order valence-electron chi connectivity index (χ1n) is 7.17. The van der Waals surface area contributed by atoms with Crippen LogP contribution in [0.1, 0.15) is 12.8 Å². The number of nitrogens with zero attached hydrogens (tertiary/aromatic N) is 3. The van der Waals surface area contributed by atoms with Crippen molar-refractivity contribution in [2.45, 2.75) is 24.9 Å². The van der Waals surface area contributed by atoms with E-state index in [-0.39, 0.29) is 0 Å². The molecule has 3 heterocycles. The zero-order chi connectivity index (χ0) is 12.5. The maximum absolute atomic E-state index is 11.9. The summed E-state index contributed by atoms with van der Waals surface area (Å²) in [5.74, 6) is 0.295. The molecular weight excluding hydrogens is 228 g/mol. The third-order valence-electron chi connectivity index (χ3n) is 4.63. The van der Waals surface area contributed by atoms with Gasteiger partial charge in [0.05, 0.1) is 6.54 Å². The summed E-state index contributed by atoms with van der Waals surface area (Å²) in [5.41, 5.74) is 0. The summed E-state index contributed by atoms with van der Waals surface area (Å²) in [7, 11) is 2.18. The highest BCUT2D eigenvalue weighted by Gasteiger charge is 2.34. The molecule has 3 aliphatic rings. The Morgan fingerprint density at radius 2 is 1.83 bits per heavy atom. The molecule has 0 aromatic rings. The van der Waals surface area contributed by atoms with E-state index in [9.17, 15) is 4.79 Å². The van der Waals surface area contributed by atoms with E-state index in [4.69, 9.17) is 0 Å². The Hall–Kier alpha value is -0.650. The van der Waals surface area contributed by atoms with Crippen LogP contribution in [0.15, 0.2) is 0 Å². The molecule has 0 aromatic carbocycles. The maximum Gasteiger partial charge on any atom is 0.236 e. The van der Waals surface area contributed by atoms with Crippen molar-refractivity contribution in [3.8, 4) is 0 Å². The lowest BCUT2D eigenvalue weighted by Crippen LogP contribution is -2.61. The molecule has 0 saturated carbocycles. The number of hydrogen-bond donors (Lipinski definition) is 1. The van der Waals surface area contributed by atoms with Gasteiger partial charge in [-0.2, -0.15) is 0 Å². The Bertz CT molecular complexity index is 308. The fraction of sp³-hybridized carbons (Fsp3) is 0.923. The lowest BCUT2D eigenvalue weighted by molar-refractivity contribution is -0.135. The zero-order valence-electron chi connectivity index (χ0n) is 11.3. The average molecular weight is 252 g/mol. The van der Waals surface area contributed by atoms with Gasteiger partial charge >= 0.3 is 0 Å². The van der Waals surface area contributed by atoms with Crippen LogP contribution in [0, 0.1) is 0 Å². The molecule has 5 heteroatoms. The normalized spacial score (nSPS) is 29.6. The highest BCUT2D eigenvalue weighted by Crippen LogP contribution is 2.22. The molecule has 3 rings (SSSR count). The van der Waals surface area contributed by atoms with Gasteiger partial charge in [-0.25, -0.2) is 0 Å². The third kappa shape index (κ3) is 2.39. The van der Waals surface area contributed by atoms with Gasteiger partial charge in [-0.3, -0.25) is 9.69 Å². The van der Waals surface area contributed by atoms with E-state index in [2.05, 4.69) is 27.1 Å². The van der Waals surface area contributed by atoms with Crippen LogP contribution in [0.4, 0.5) is 0 Å². The van der Waals surface area contributed by atoms with E-state index in [0.717, 1.165) is 32.0 Å². The van der Waals surface area contributed by atoms with Crippen LogP contribution in [-0.4, -0.2) is 85.6 Å². The average Bonchev–Trinajstić information content (AvgIpc) is 2.36. The number of likely N-dealkylation sites (tertiary alicyclic amines) is 2. The maximum atomic E-state index is 11.9. The smallest absolute Gasteiger partial charge is 0.236 e. The summed E-state index contributed by atoms with van der Waals surface area (Å²) in [6, 6.07) is 1.27. The van der Waals surface area contributed by atoms with Crippen LogP contribution in [0.5, 0.6) is 0 Å². The van der Waals surface area contributed by atoms with Gasteiger partial charge in [0.2, 0.25) is 5.91 Å². The second kappa shape index (κ2) is 5.15. The molecule has 1 N–H and O–H groups in total. The predicted octanol–water partition coefficient (Wildman–Crippen LogP) is -0.803. The molecule has 0 radical (unpaired) electrons. The van der Waals surface area contributed by atoms with Crippen molar-refractivity contribution in [2.75, 3.05) is 52.9 Å². The molecular formula is C13H24N4O. The van der Waals surface area contributed by atoms with E-state index in [1.807, 2.05) is 0 Å². The van der Waals surface area contributed by atoms with Gasteiger partial charge in [0, 0.05) is 51.4 Å². The number of rotatable bonds is 2. The number of carbonyl (C=O) groups is 1. The van der Waals surface area contributed by atoms with E-state index >= 15 is 0 Å². The van der Waals surface area contributed by atoms with Crippen molar-refractivity contribution < 1.29 is 4.79 Å². The van der Waals surface area contributed by atoms with Gasteiger partial charge in [-0.05, 0) is 19.9 Å². The number of piperazine rings is 1. The first kappa shape index (κ1) is 12.4.